The van der Waals surface area contributed by atoms with Crippen molar-refractivity contribution in [2.45, 2.75) is 39.0 Å². The van der Waals surface area contributed by atoms with Crippen molar-refractivity contribution in [2.24, 2.45) is 0 Å². The third-order valence-electron chi connectivity index (χ3n) is 4.08. The van der Waals surface area contributed by atoms with E-state index in [2.05, 4.69) is 10.3 Å². The number of anilines is 2. The topological polar surface area (TPSA) is 74.7 Å². The van der Waals surface area contributed by atoms with E-state index in [4.69, 9.17) is 4.74 Å². The number of alkyl halides is 3. The van der Waals surface area contributed by atoms with Crippen LogP contribution in [0.15, 0.2) is 30.5 Å². The highest BCUT2D eigenvalue weighted by Crippen LogP contribution is 2.38. The average Bonchev–Trinajstić information content (AvgIpc) is 2.59. The highest BCUT2D eigenvalue weighted by atomic mass is 19.4. The van der Waals surface area contributed by atoms with Crippen LogP contribution in [-0.4, -0.2) is 33.7 Å². The van der Waals surface area contributed by atoms with E-state index < -0.39 is 29.2 Å². The number of carboxylic acid groups (broad SMARTS) is 1. The van der Waals surface area contributed by atoms with Gasteiger partial charge in [0.15, 0.2) is 0 Å². The van der Waals surface area contributed by atoms with Gasteiger partial charge in [-0.2, -0.15) is 13.2 Å². The summed E-state index contributed by atoms with van der Waals surface area (Å²) in [6.07, 6.45) is -4.75. The molecule has 1 heterocycles. The van der Waals surface area contributed by atoms with Crippen molar-refractivity contribution >= 4 is 17.5 Å². The summed E-state index contributed by atoms with van der Waals surface area (Å²) >= 11 is 0. The molecule has 0 spiro atoms. The molecular weight excluding hydrogens is 394 g/mol. The fourth-order valence-electron chi connectivity index (χ4n) is 2.54. The molecule has 0 radical (unpaired) electrons. The fourth-order valence-corrected chi connectivity index (χ4v) is 2.54. The lowest BCUT2D eigenvalue weighted by atomic mass is 10.1. The van der Waals surface area contributed by atoms with Gasteiger partial charge in [0.25, 0.3) is 0 Å². The van der Waals surface area contributed by atoms with E-state index >= 15 is 0 Å². The summed E-state index contributed by atoms with van der Waals surface area (Å²) in [5.41, 5.74) is -2.22. The highest BCUT2D eigenvalue weighted by molar-refractivity contribution is 5.66. The summed E-state index contributed by atoms with van der Waals surface area (Å²) in [5.74, 6) is -0.814. The third-order valence-corrected chi connectivity index (χ3v) is 4.08. The summed E-state index contributed by atoms with van der Waals surface area (Å²) in [4.78, 5) is 16.3. The van der Waals surface area contributed by atoms with Gasteiger partial charge in [0.1, 0.15) is 11.6 Å². The molecule has 158 valence electrons. The molecule has 0 bridgehead atoms. The molecule has 0 unspecified atom stereocenters. The molecule has 0 atom stereocenters. The van der Waals surface area contributed by atoms with Crippen LogP contribution in [0.4, 0.5) is 33.7 Å². The van der Waals surface area contributed by atoms with Crippen LogP contribution < -0.4 is 10.1 Å². The zero-order chi connectivity index (χ0) is 22.0. The zero-order valence-electron chi connectivity index (χ0n) is 16.3. The molecule has 2 aromatic rings. The molecule has 0 saturated heterocycles. The third kappa shape index (κ3) is 5.49. The molecule has 1 aromatic heterocycles. The van der Waals surface area contributed by atoms with Gasteiger partial charge in [-0.15, -0.1) is 0 Å². The number of amides is 1. The Hall–Kier alpha value is -3.04. The maximum Gasteiger partial charge on any atom is 0.418 e. The summed E-state index contributed by atoms with van der Waals surface area (Å²) in [7, 11) is 1.25. The van der Waals surface area contributed by atoms with E-state index in [1.165, 1.54) is 19.2 Å². The minimum atomic E-state index is -4.66. The number of hydrogen-bond acceptors (Lipinski definition) is 4. The molecule has 2 rings (SSSR count). The van der Waals surface area contributed by atoms with E-state index in [-0.39, 0.29) is 29.4 Å². The maximum absolute atomic E-state index is 14.5. The van der Waals surface area contributed by atoms with E-state index in [0.717, 1.165) is 23.2 Å². The molecule has 0 saturated carbocycles. The van der Waals surface area contributed by atoms with Gasteiger partial charge in [-0.25, -0.2) is 9.18 Å². The Labute approximate surface area is 165 Å². The van der Waals surface area contributed by atoms with Crippen LogP contribution in [0.1, 0.15) is 32.0 Å². The van der Waals surface area contributed by atoms with Crippen molar-refractivity contribution in [3.8, 4) is 5.75 Å². The number of nitrogens with one attached hydrogen (secondary N) is 1. The first kappa shape index (κ1) is 22.3. The Morgan fingerprint density at radius 3 is 2.38 bits per heavy atom. The molecule has 6 nitrogen and oxygen atoms in total. The Morgan fingerprint density at radius 1 is 1.24 bits per heavy atom. The molecule has 0 aliphatic carbocycles. The van der Waals surface area contributed by atoms with Gasteiger partial charge in [-0.05, 0) is 39.0 Å². The van der Waals surface area contributed by atoms with Crippen molar-refractivity contribution in [1.82, 2.24) is 9.88 Å². The van der Waals surface area contributed by atoms with Crippen LogP contribution in [0.2, 0.25) is 0 Å². The van der Waals surface area contributed by atoms with Crippen molar-refractivity contribution in [3.63, 3.8) is 0 Å². The van der Waals surface area contributed by atoms with Gasteiger partial charge in [-0.1, -0.05) is 0 Å². The Kier molecular flexibility index (Phi) is 6.24. The van der Waals surface area contributed by atoms with E-state index in [1.807, 2.05) is 0 Å². The monoisotopic (exact) mass is 415 g/mol. The predicted octanol–water partition coefficient (Wildman–Crippen LogP) is 5.27. The van der Waals surface area contributed by atoms with Gasteiger partial charge >= 0.3 is 12.3 Å². The number of pyridine rings is 1. The van der Waals surface area contributed by atoms with Gasteiger partial charge in [0.2, 0.25) is 0 Å². The van der Waals surface area contributed by atoms with Crippen LogP contribution in [0.25, 0.3) is 0 Å². The Morgan fingerprint density at radius 2 is 1.90 bits per heavy atom. The molecule has 0 aliphatic heterocycles. The summed E-state index contributed by atoms with van der Waals surface area (Å²) < 4.78 is 59.2. The average molecular weight is 415 g/mol. The van der Waals surface area contributed by atoms with E-state index in [9.17, 15) is 27.5 Å². The van der Waals surface area contributed by atoms with Gasteiger partial charge in [0, 0.05) is 11.6 Å². The van der Waals surface area contributed by atoms with E-state index in [0.29, 0.717) is 0 Å². The summed E-state index contributed by atoms with van der Waals surface area (Å²) in [6, 6.07) is 4.30. The lowest BCUT2D eigenvalue weighted by Crippen LogP contribution is -2.44. The molecule has 0 aliphatic rings. The minimum Gasteiger partial charge on any atom is -0.497 e. The largest absolute Gasteiger partial charge is 0.497 e. The van der Waals surface area contributed by atoms with Crippen LogP contribution >= 0.6 is 0 Å². The first-order chi connectivity index (χ1) is 13.3. The molecule has 10 heteroatoms. The van der Waals surface area contributed by atoms with Gasteiger partial charge in [-0.3, -0.25) is 9.88 Å². The fraction of sp³-hybridized carbons (Fsp3) is 0.368. The van der Waals surface area contributed by atoms with E-state index in [1.54, 1.807) is 20.8 Å². The maximum atomic E-state index is 14.5. The number of hydrogen-bond donors (Lipinski definition) is 2. The number of carbonyl (C=O) groups is 1. The first-order valence-electron chi connectivity index (χ1n) is 8.50. The number of halogens is 4. The molecule has 0 fully saturated rings. The second kappa shape index (κ2) is 8.14. The number of nitrogens with zero attached hydrogens (tertiary/aromatic N) is 2. The van der Waals surface area contributed by atoms with Gasteiger partial charge < -0.3 is 15.2 Å². The quantitative estimate of drug-likeness (QED) is 0.651. The smallest absolute Gasteiger partial charge is 0.418 e. The molecule has 1 aromatic carbocycles. The van der Waals surface area contributed by atoms with Crippen molar-refractivity contribution in [3.05, 3.63) is 47.5 Å². The zero-order valence-corrected chi connectivity index (χ0v) is 16.3. The second-order valence-electron chi connectivity index (χ2n) is 7.23. The Bertz CT molecular complexity index is 895. The number of ether oxygens (including phenoxy) is 1. The van der Waals surface area contributed by atoms with Gasteiger partial charge in [0.05, 0.1) is 42.5 Å². The lowest BCUT2D eigenvalue weighted by Gasteiger charge is -2.32. The van der Waals surface area contributed by atoms with Crippen LogP contribution in [0.3, 0.4) is 0 Å². The van der Waals surface area contributed by atoms with Crippen LogP contribution in [0, 0.1) is 5.82 Å². The van der Waals surface area contributed by atoms with Crippen LogP contribution in [-0.2, 0) is 12.7 Å². The van der Waals surface area contributed by atoms with Crippen molar-refractivity contribution < 1.29 is 32.2 Å². The first-order valence-corrected chi connectivity index (χ1v) is 8.50. The lowest BCUT2D eigenvalue weighted by molar-refractivity contribution is -0.137. The molecule has 2 N–H and O–H groups in total. The normalized spacial score (nSPS) is 11.9. The molecule has 29 heavy (non-hydrogen) atoms. The summed E-state index contributed by atoms with van der Waals surface area (Å²) in [5, 5.41) is 11.8. The minimum absolute atomic E-state index is 0.0143. The number of rotatable bonds is 5. The SMILES string of the molecule is COc1ccc(Nc2cnc(CN(C(=O)O)C(C)(C)C)c(F)c2)c(C(F)(F)F)c1. The number of aromatic nitrogens is 1. The highest BCUT2D eigenvalue weighted by Gasteiger charge is 2.34. The Balaban J connectivity index is 2.31. The van der Waals surface area contributed by atoms with Crippen LogP contribution in [0.5, 0.6) is 5.75 Å². The van der Waals surface area contributed by atoms with Crippen molar-refractivity contribution in [2.75, 3.05) is 12.4 Å². The number of methoxy groups -OCH3 is 1. The van der Waals surface area contributed by atoms with Crippen molar-refractivity contribution in [1.29, 1.82) is 0 Å². The number of benzene rings is 1. The standard InChI is InChI=1S/C19H21F4N3O3/c1-18(2,3)26(17(27)28)10-16-14(20)7-11(9-24-16)25-15-6-5-12(29-4)8-13(15)19(21,22)23/h5-9,25H,10H2,1-4H3,(H,27,28). The molecule has 1 amide bonds. The molecular formula is C19H21F4N3O3. The summed E-state index contributed by atoms with van der Waals surface area (Å²) in [6.45, 7) is 4.65. The second-order valence-corrected chi connectivity index (χ2v) is 7.23. The predicted molar refractivity (Wildman–Crippen MR) is 98.8 cm³/mol.